The van der Waals surface area contributed by atoms with E-state index in [0.717, 1.165) is 12.1 Å². The Bertz CT molecular complexity index is 950. The Morgan fingerprint density at radius 1 is 1.15 bits per heavy atom. The second-order valence-electron chi connectivity index (χ2n) is 6.15. The lowest BCUT2D eigenvalue weighted by Crippen LogP contribution is -2.43. The highest BCUT2D eigenvalue weighted by Gasteiger charge is 2.34. The molecule has 1 heterocycles. The van der Waals surface area contributed by atoms with Gasteiger partial charge in [-0.1, -0.05) is 15.9 Å². The van der Waals surface area contributed by atoms with Gasteiger partial charge in [0.2, 0.25) is 10.0 Å². The van der Waals surface area contributed by atoms with E-state index in [1.54, 1.807) is 0 Å². The number of hydrogen-bond acceptors (Lipinski definition) is 4. The fraction of sp³-hybridized carbons (Fsp3) is 0.278. The number of sulfonamides is 1. The van der Waals surface area contributed by atoms with Gasteiger partial charge in [0.25, 0.3) is 0 Å². The molecule has 0 radical (unpaired) electrons. The molecule has 0 amide bonds. The summed E-state index contributed by atoms with van der Waals surface area (Å²) in [6.45, 7) is 0.173. The molecule has 2 aromatic rings. The normalized spacial score (nSPS) is 18.3. The first kappa shape index (κ1) is 19.9. The number of esters is 1. The predicted octanol–water partition coefficient (Wildman–Crippen LogP) is 3.73. The second kappa shape index (κ2) is 8.04. The standard InChI is InChI=1S/C18H16BrF2NO4S/c19-13-3-8-17(16(21)10-13)26-18(23)12-2-1-9-22(11-12)27(24,25)15-6-4-14(20)5-7-15/h3-8,10,12H,1-2,9,11H2. The minimum atomic E-state index is -3.85. The topological polar surface area (TPSA) is 63.7 Å². The molecule has 0 spiro atoms. The first-order chi connectivity index (χ1) is 12.8. The van der Waals surface area contributed by atoms with E-state index >= 15 is 0 Å². The minimum Gasteiger partial charge on any atom is -0.423 e. The molecule has 1 fully saturated rings. The van der Waals surface area contributed by atoms with Crippen LogP contribution in [0.3, 0.4) is 0 Å². The van der Waals surface area contributed by atoms with E-state index < -0.39 is 33.5 Å². The smallest absolute Gasteiger partial charge is 0.315 e. The number of carbonyl (C=O) groups is 1. The van der Waals surface area contributed by atoms with E-state index in [4.69, 9.17) is 4.74 Å². The van der Waals surface area contributed by atoms with Crippen LogP contribution in [0.4, 0.5) is 8.78 Å². The van der Waals surface area contributed by atoms with Crippen molar-refractivity contribution >= 4 is 31.9 Å². The average molecular weight is 460 g/mol. The molecule has 144 valence electrons. The van der Waals surface area contributed by atoms with Gasteiger partial charge in [-0.15, -0.1) is 0 Å². The van der Waals surface area contributed by atoms with Crippen LogP contribution in [0.5, 0.6) is 5.75 Å². The van der Waals surface area contributed by atoms with Gasteiger partial charge in [0.15, 0.2) is 11.6 Å². The molecule has 0 aromatic heterocycles. The lowest BCUT2D eigenvalue weighted by Gasteiger charge is -2.30. The average Bonchev–Trinajstić information content (AvgIpc) is 2.64. The van der Waals surface area contributed by atoms with Crippen molar-refractivity contribution in [1.82, 2.24) is 4.31 Å². The zero-order valence-corrected chi connectivity index (χ0v) is 16.5. The summed E-state index contributed by atoms with van der Waals surface area (Å²) < 4.78 is 59.1. The van der Waals surface area contributed by atoms with Crippen molar-refractivity contribution in [2.75, 3.05) is 13.1 Å². The summed E-state index contributed by atoms with van der Waals surface area (Å²) in [6, 6.07) is 8.55. The largest absolute Gasteiger partial charge is 0.423 e. The second-order valence-corrected chi connectivity index (χ2v) is 9.01. The molecule has 1 aliphatic heterocycles. The van der Waals surface area contributed by atoms with E-state index in [1.165, 1.54) is 34.6 Å². The van der Waals surface area contributed by atoms with Crippen molar-refractivity contribution in [1.29, 1.82) is 0 Å². The van der Waals surface area contributed by atoms with E-state index in [1.807, 2.05) is 0 Å². The van der Waals surface area contributed by atoms with E-state index in [2.05, 4.69) is 15.9 Å². The van der Waals surface area contributed by atoms with Gasteiger partial charge >= 0.3 is 5.97 Å². The van der Waals surface area contributed by atoms with Crippen LogP contribution in [0.25, 0.3) is 0 Å². The maximum atomic E-state index is 13.9. The lowest BCUT2D eigenvalue weighted by molar-refractivity contribution is -0.140. The van der Waals surface area contributed by atoms with Crippen molar-refractivity contribution in [3.05, 3.63) is 58.6 Å². The van der Waals surface area contributed by atoms with Gasteiger partial charge in [0.1, 0.15) is 5.82 Å². The van der Waals surface area contributed by atoms with Crippen LogP contribution in [0, 0.1) is 17.6 Å². The highest BCUT2D eigenvalue weighted by atomic mass is 79.9. The molecular weight excluding hydrogens is 444 g/mol. The molecule has 1 saturated heterocycles. The third kappa shape index (κ3) is 4.53. The quantitative estimate of drug-likeness (QED) is 0.516. The molecule has 0 bridgehead atoms. The fourth-order valence-electron chi connectivity index (χ4n) is 2.86. The Kier molecular flexibility index (Phi) is 5.92. The molecule has 9 heteroatoms. The van der Waals surface area contributed by atoms with Crippen molar-refractivity contribution in [2.24, 2.45) is 5.92 Å². The van der Waals surface area contributed by atoms with Crippen molar-refractivity contribution < 1.29 is 26.7 Å². The van der Waals surface area contributed by atoms with Crippen molar-refractivity contribution in [2.45, 2.75) is 17.7 Å². The zero-order valence-electron chi connectivity index (χ0n) is 14.1. The van der Waals surface area contributed by atoms with Gasteiger partial charge in [-0.05, 0) is 55.3 Å². The summed E-state index contributed by atoms with van der Waals surface area (Å²) in [7, 11) is -3.85. The van der Waals surface area contributed by atoms with Gasteiger partial charge in [-0.3, -0.25) is 4.79 Å². The van der Waals surface area contributed by atoms with E-state index in [-0.39, 0.29) is 23.7 Å². The van der Waals surface area contributed by atoms with Gasteiger partial charge in [-0.2, -0.15) is 4.31 Å². The molecule has 1 aliphatic rings. The SMILES string of the molecule is O=C(Oc1ccc(Br)cc1F)C1CCCN(S(=O)(=O)c2ccc(F)cc2)C1. The number of rotatable bonds is 4. The third-order valence-electron chi connectivity index (χ3n) is 4.27. The van der Waals surface area contributed by atoms with Crippen molar-refractivity contribution in [3.8, 4) is 5.75 Å². The van der Waals surface area contributed by atoms with Crippen molar-refractivity contribution in [3.63, 3.8) is 0 Å². The zero-order chi connectivity index (χ0) is 19.6. The summed E-state index contributed by atoms with van der Waals surface area (Å²) in [5.41, 5.74) is 0. The predicted molar refractivity (Wildman–Crippen MR) is 97.6 cm³/mol. The monoisotopic (exact) mass is 459 g/mol. The van der Waals surface area contributed by atoms with E-state index in [0.29, 0.717) is 17.3 Å². The Labute approximate surface area is 164 Å². The first-order valence-electron chi connectivity index (χ1n) is 8.20. The lowest BCUT2D eigenvalue weighted by atomic mass is 10.00. The van der Waals surface area contributed by atoms with Gasteiger partial charge < -0.3 is 4.74 Å². The Hall–Kier alpha value is -1.84. The molecule has 0 saturated carbocycles. The number of ether oxygens (including phenoxy) is 1. The fourth-order valence-corrected chi connectivity index (χ4v) is 4.72. The molecule has 3 rings (SSSR count). The first-order valence-corrected chi connectivity index (χ1v) is 10.4. The maximum Gasteiger partial charge on any atom is 0.315 e. The summed E-state index contributed by atoms with van der Waals surface area (Å²) in [6.07, 6.45) is 0.898. The van der Waals surface area contributed by atoms with Crippen LogP contribution >= 0.6 is 15.9 Å². The Balaban J connectivity index is 1.73. The highest BCUT2D eigenvalue weighted by molar-refractivity contribution is 9.10. The summed E-state index contributed by atoms with van der Waals surface area (Å²) in [5, 5.41) is 0. The van der Waals surface area contributed by atoms with Crippen LogP contribution in [0.1, 0.15) is 12.8 Å². The molecule has 0 N–H and O–H groups in total. The van der Waals surface area contributed by atoms with Crippen LogP contribution in [0.2, 0.25) is 0 Å². The number of hydrogen-bond donors (Lipinski definition) is 0. The molecule has 1 unspecified atom stereocenters. The van der Waals surface area contributed by atoms with Gasteiger partial charge in [0, 0.05) is 17.6 Å². The summed E-state index contributed by atoms with van der Waals surface area (Å²) in [4.78, 5) is 12.3. The minimum absolute atomic E-state index is 0.0446. The number of carbonyl (C=O) groups excluding carboxylic acids is 1. The van der Waals surface area contributed by atoms with Crippen LogP contribution in [-0.2, 0) is 14.8 Å². The van der Waals surface area contributed by atoms with Gasteiger partial charge in [-0.25, -0.2) is 17.2 Å². The Morgan fingerprint density at radius 3 is 2.52 bits per heavy atom. The number of piperidine rings is 1. The van der Waals surface area contributed by atoms with Crippen LogP contribution in [0.15, 0.2) is 51.8 Å². The Morgan fingerprint density at radius 2 is 1.85 bits per heavy atom. The summed E-state index contributed by atoms with van der Waals surface area (Å²) in [5.74, 6) is -2.83. The maximum absolute atomic E-state index is 13.9. The number of halogens is 3. The molecule has 2 aromatic carbocycles. The van der Waals surface area contributed by atoms with Gasteiger partial charge in [0.05, 0.1) is 10.8 Å². The summed E-state index contributed by atoms with van der Waals surface area (Å²) >= 11 is 3.12. The number of nitrogens with zero attached hydrogens (tertiary/aromatic N) is 1. The molecule has 1 atom stereocenters. The molecule has 5 nitrogen and oxygen atoms in total. The van der Waals surface area contributed by atoms with Crippen LogP contribution in [-0.4, -0.2) is 31.8 Å². The third-order valence-corrected chi connectivity index (χ3v) is 6.65. The molecule has 0 aliphatic carbocycles. The molecule has 27 heavy (non-hydrogen) atoms. The highest BCUT2D eigenvalue weighted by Crippen LogP contribution is 2.27. The van der Waals surface area contributed by atoms with Crippen LogP contribution < -0.4 is 4.74 Å². The number of benzene rings is 2. The van der Waals surface area contributed by atoms with E-state index in [9.17, 15) is 22.0 Å². The molecular formula is C18H16BrF2NO4S.